The largest absolute Gasteiger partial charge is 1.00 e. The molecule has 1 unspecified atom stereocenters. The van der Waals surface area contributed by atoms with E-state index in [1.165, 1.54) is 38.5 Å². The normalized spacial score (nSPS) is 12.7. The molecule has 26 heavy (non-hydrogen) atoms. The third-order valence-corrected chi connectivity index (χ3v) is 5.42. The summed E-state index contributed by atoms with van der Waals surface area (Å²) in [5.41, 5.74) is 0. The number of unbranched alkanes of at least 4 members (excludes halogenated alkanes) is 10. The molecular formula is C19H35NaO5S. The van der Waals surface area contributed by atoms with Crippen LogP contribution in [0.5, 0.6) is 0 Å². The van der Waals surface area contributed by atoms with Crippen molar-refractivity contribution in [1.82, 2.24) is 0 Å². The number of hydrogen-bond acceptors (Lipinski definition) is 5. The van der Waals surface area contributed by atoms with Gasteiger partial charge in [-0.25, -0.2) is 8.42 Å². The van der Waals surface area contributed by atoms with E-state index in [-0.39, 0.29) is 36.0 Å². The summed E-state index contributed by atoms with van der Waals surface area (Å²) in [6.07, 6.45) is 17.9. The summed E-state index contributed by atoms with van der Waals surface area (Å²) >= 11 is 0. The molecule has 1 atom stereocenters. The SMILES string of the molecule is CCCCCCCC/C=C\CCCCCCC(C(=O)OC)S(=O)(=O)[O-].[Na+]. The van der Waals surface area contributed by atoms with Crippen LogP contribution in [0.3, 0.4) is 0 Å². The first kappa shape index (κ1) is 28.3. The van der Waals surface area contributed by atoms with Gasteiger partial charge in [0.1, 0.15) is 15.4 Å². The van der Waals surface area contributed by atoms with E-state index in [0.29, 0.717) is 6.42 Å². The summed E-state index contributed by atoms with van der Waals surface area (Å²) in [4.78, 5) is 11.3. The van der Waals surface area contributed by atoms with Crippen molar-refractivity contribution in [3.05, 3.63) is 12.2 Å². The maximum absolute atomic E-state index is 11.3. The second-order valence-electron chi connectivity index (χ2n) is 6.52. The number of rotatable bonds is 16. The summed E-state index contributed by atoms with van der Waals surface area (Å²) < 4.78 is 37.5. The quantitative estimate of drug-likeness (QED) is 0.130. The van der Waals surface area contributed by atoms with Crippen molar-refractivity contribution >= 4 is 16.1 Å². The van der Waals surface area contributed by atoms with Gasteiger partial charge in [-0.2, -0.15) is 0 Å². The van der Waals surface area contributed by atoms with Crippen LogP contribution >= 0.6 is 0 Å². The number of methoxy groups -OCH3 is 1. The van der Waals surface area contributed by atoms with Crippen LogP contribution < -0.4 is 29.6 Å². The van der Waals surface area contributed by atoms with Gasteiger partial charge in [-0.05, 0) is 32.1 Å². The minimum absolute atomic E-state index is 0. The molecule has 0 fully saturated rings. The molecule has 0 aromatic carbocycles. The molecule has 148 valence electrons. The number of carbonyl (C=O) groups excluding carboxylic acids is 1. The van der Waals surface area contributed by atoms with Crippen LogP contribution in [0, 0.1) is 0 Å². The van der Waals surface area contributed by atoms with Crippen molar-refractivity contribution in [3.8, 4) is 0 Å². The first-order chi connectivity index (χ1) is 11.9. The molecule has 0 heterocycles. The second kappa shape index (κ2) is 18.5. The van der Waals surface area contributed by atoms with Gasteiger partial charge in [0.15, 0.2) is 0 Å². The topological polar surface area (TPSA) is 83.5 Å². The molecule has 5 nitrogen and oxygen atoms in total. The molecular weight excluding hydrogens is 363 g/mol. The number of esters is 1. The third kappa shape index (κ3) is 16.3. The Kier molecular flexibility index (Phi) is 20.1. The maximum Gasteiger partial charge on any atom is 1.00 e. The van der Waals surface area contributed by atoms with Gasteiger partial charge >= 0.3 is 35.5 Å². The zero-order valence-electron chi connectivity index (χ0n) is 16.9. The van der Waals surface area contributed by atoms with Gasteiger partial charge in [0.25, 0.3) is 0 Å². The van der Waals surface area contributed by atoms with Crippen molar-refractivity contribution in [1.29, 1.82) is 0 Å². The number of allylic oxidation sites excluding steroid dienone is 2. The molecule has 0 saturated carbocycles. The summed E-state index contributed by atoms with van der Waals surface area (Å²) in [5.74, 6) is -0.951. The summed E-state index contributed by atoms with van der Waals surface area (Å²) in [6.45, 7) is 2.23. The molecule has 7 heteroatoms. The first-order valence-electron chi connectivity index (χ1n) is 9.61. The van der Waals surface area contributed by atoms with Crippen molar-refractivity contribution in [2.24, 2.45) is 0 Å². The zero-order chi connectivity index (χ0) is 19.0. The van der Waals surface area contributed by atoms with E-state index in [1.807, 2.05) is 0 Å². The number of hydrogen-bond donors (Lipinski definition) is 0. The molecule has 0 aliphatic rings. The minimum atomic E-state index is -4.63. The Morgan fingerprint density at radius 1 is 0.923 bits per heavy atom. The molecule has 0 rings (SSSR count). The van der Waals surface area contributed by atoms with E-state index in [2.05, 4.69) is 23.8 Å². The van der Waals surface area contributed by atoms with E-state index in [0.717, 1.165) is 39.2 Å². The van der Waals surface area contributed by atoms with Crippen molar-refractivity contribution < 1.29 is 52.1 Å². The van der Waals surface area contributed by atoms with Crippen LogP contribution in [0.1, 0.15) is 90.4 Å². The average Bonchev–Trinajstić information content (AvgIpc) is 2.56. The molecule has 0 amide bonds. The van der Waals surface area contributed by atoms with Crippen LogP contribution in [-0.4, -0.2) is 31.3 Å². The van der Waals surface area contributed by atoms with Gasteiger partial charge in [-0.1, -0.05) is 70.4 Å². The van der Waals surface area contributed by atoms with E-state index in [1.54, 1.807) is 0 Å². The Morgan fingerprint density at radius 3 is 1.85 bits per heavy atom. The molecule has 0 N–H and O–H groups in total. The summed E-state index contributed by atoms with van der Waals surface area (Å²) in [7, 11) is -3.53. The van der Waals surface area contributed by atoms with Crippen molar-refractivity contribution in [2.75, 3.05) is 7.11 Å². The number of carbonyl (C=O) groups is 1. The summed E-state index contributed by atoms with van der Waals surface area (Å²) in [6, 6.07) is 0. The standard InChI is InChI=1S/C19H36O5S.Na/c1-3-4-5-6-7-8-9-10-11-12-13-14-15-16-17-18(19(20)24-2)25(21,22)23;/h10-11,18H,3-9,12-17H2,1-2H3,(H,21,22,23);/q;+1/p-1/b11-10-;. The fourth-order valence-corrected chi connectivity index (χ4v) is 3.52. The van der Waals surface area contributed by atoms with E-state index in [4.69, 9.17) is 0 Å². The Bertz CT molecular complexity index is 463. The van der Waals surface area contributed by atoms with Crippen LogP contribution in [0.15, 0.2) is 12.2 Å². The van der Waals surface area contributed by atoms with Crippen molar-refractivity contribution in [2.45, 2.75) is 95.6 Å². The van der Waals surface area contributed by atoms with Gasteiger partial charge in [0, 0.05) is 0 Å². The molecule has 0 spiro atoms. The monoisotopic (exact) mass is 398 g/mol. The van der Waals surface area contributed by atoms with Gasteiger partial charge in [-0.3, -0.25) is 4.79 Å². The summed E-state index contributed by atoms with van der Waals surface area (Å²) in [5, 5.41) is -1.56. The predicted octanol–water partition coefficient (Wildman–Crippen LogP) is 1.72. The smallest absolute Gasteiger partial charge is 0.747 e. The van der Waals surface area contributed by atoms with Gasteiger partial charge in [0.2, 0.25) is 0 Å². The van der Waals surface area contributed by atoms with Crippen LogP contribution in [0.4, 0.5) is 0 Å². The molecule has 0 aliphatic heterocycles. The molecule has 0 aliphatic carbocycles. The van der Waals surface area contributed by atoms with Crippen LogP contribution in [0.25, 0.3) is 0 Å². The van der Waals surface area contributed by atoms with Gasteiger partial charge < -0.3 is 9.29 Å². The van der Waals surface area contributed by atoms with Crippen LogP contribution in [0.2, 0.25) is 0 Å². The van der Waals surface area contributed by atoms with Crippen molar-refractivity contribution in [3.63, 3.8) is 0 Å². The average molecular weight is 399 g/mol. The minimum Gasteiger partial charge on any atom is -0.747 e. The fraction of sp³-hybridized carbons (Fsp3) is 0.842. The number of ether oxygens (including phenoxy) is 1. The molecule has 0 saturated heterocycles. The first-order valence-corrected chi connectivity index (χ1v) is 11.1. The fourth-order valence-electron chi connectivity index (χ4n) is 2.74. The van der Waals surface area contributed by atoms with E-state index >= 15 is 0 Å². The van der Waals surface area contributed by atoms with E-state index in [9.17, 15) is 17.8 Å². The predicted molar refractivity (Wildman–Crippen MR) is 100 cm³/mol. The van der Waals surface area contributed by atoms with E-state index < -0.39 is 21.3 Å². The Balaban J connectivity index is 0. The van der Waals surface area contributed by atoms with Gasteiger partial charge in [-0.15, -0.1) is 0 Å². The Hall–Kier alpha value is 0.120. The third-order valence-electron chi connectivity index (χ3n) is 4.29. The molecule has 0 radical (unpaired) electrons. The maximum atomic E-state index is 11.3. The van der Waals surface area contributed by atoms with Crippen LogP contribution in [-0.2, 0) is 19.6 Å². The molecule has 0 aromatic rings. The Morgan fingerprint density at radius 2 is 1.38 bits per heavy atom. The Labute approximate surface area is 182 Å². The zero-order valence-corrected chi connectivity index (χ0v) is 19.7. The molecule has 0 bridgehead atoms. The van der Waals surface area contributed by atoms with Gasteiger partial charge in [0.05, 0.1) is 7.11 Å². The second-order valence-corrected chi connectivity index (χ2v) is 8.08. The molecule has 0 aromatic heterocycles.